The van der Waals surface area contributed by atoms with E-state index in [2.05, 4.69) is 0 Å². The highest BCUT2D eigenvalue weighted by molar-refractivity contribution is 5.77. The van der Waals surface area contributed by atoms with E-state index in [1.54, 1.807) is 0 Å². The smallest absolute Gasteiger partial charge is 0.320 e. The van der Waals surface area contributed by atoms with Crippen molar-refractivity contribution in [1.29, 1.82) is 0 Å². The van der Waals surface area contributed by atoms with Gasteiger partial charge >= 0.3 is 6.03 Å². The Morgan fingerprint density at radius 3 is 1.79 bits per heavy atom. The van der Waals surface area contributed by atoms with Gasteiger partial charge in [-0.3, -0.25) is 0 Å². The van der Waals surface area contributed by atoms with Crippen molar-refractivity contribution in [1.82, 2.24) is 9.80 Å². The van der Waals surface area contributed by atoms with Gasteiger partial charge in [0.05, 0.1) is 12.1 Å². The van der Waals surface area contributed by atoms with Gasteiger partial charge in [-0.1, -0.05) is 25.7 Å². The molecule has 2 rings (SSSR count). The van der Waals surface area contributed by atoms with Crippen LogP contribution in [0, 0.1) is 0 Å². The molecule has 1 saturated carbocycles. The molecular weight excluding hydrogens is 176 g/mol. The molecule has 0 radical (unpaired) electrons. The number of nitrogens with zero attached hydrogens (tertiary/aromatic N) is 2. The highest BCUT2D eigenvalue weighted by Crippen LogP contribution is 2.30. The van der Waals surface area contributed by atoms with Crippen LogP contribution in [-0.4, -0.2) is 42.0 Å². The zero-order valence-corrected chi connectivity index (χ0v) is 9.20. The van der Waals surface area contributed by atoms with Crippen LogP contribution in [0.2, 0.25) is 0 Å². The highest BCUT2D eigenvalue weighted by Gasteiger charge is 2.40. The highest BCUT2D eigenvalue weighted by atomic mass is 16.2. The standard InChI is InChI=1S/C11H20N2O/c1-12-9-7-5-3-4-6-8-10(9)13(2)11(12)14/h9-10H,3-8H2,1-2H3. The van der Waals surface area contributed by atoms with Gasteiger partial charge in [-0.25, -0.2) is 4.79 Å². The predicted octanol–water partition coefficient (Wildman–Crippen LogP) is 2.08. The molecule has 0 spiro atoms. The number of rotatable bonds is 0. The minimum atomic E-state index is 0.210. The molecule has 3 heteroatoms. The van der Waals surface area contributed by atoms with E-state index in [0.717, 1.165) is 0 Å². The first-order chi connectivity index (χ1) is 6.72. The number of carbonyl (C=O) groups is 1. The molecule has 0 aromatic heterocycles. The fraction of sp³-hybridized carbons (Fsp3) is 0.909. The van der Waals surface area contributed by atoms with Crippen LogP contribution in [0.15, 0.2) is 0 Å². The average Bonchev–Trinajstić information content (AvgIpc) is 2.31. The number of hydrogen-bond acceptors (Lipinski definition) is 1. The third-order valence-electron chi connectivity index (χ3n) is 3.79. The topological polar surface area (TPSA) is 23.6 Å². The van der Waals surface area contributed by atoms with Crippen molar-refractivity contribution >= 4 is 6.03 Å². The van der Waals surface area contributed by atoms with Crippen LogP contribution < -0.4 is 0 Å². The molecule has 2 aliphatic rings. The number of hydrogen-bond donors (Lipinski definition) is 0. The summed E-state index contributed by atoms with van der Waals surface area (Å²) in [5.74, 6) is 0. The minimum absolute atomic E-state index is 0.210. The second-order valence-corrected chi connectivity index (χ2v) is 4.63. The Bertz CT molecular complexity index is 207. The van der Waals surface area contributed by atoms with Gasteiger partial charge in [0, 0.05) is 14.1 Å². The van der Waals surface area contributed by atoms with E-state index < -0.39 is 0 Å². The number of urea groups is 1. The Morgan fingerprint density at radius 2 is 1.36 bits per heavy atom. The van der Waals surface area contributed by atoms with Crippen molar-refractivity contribution in [2.75, 3.05) is 14.1 Å². The molecule has 2 unspecified atom stereocenters. The molecule has 80 valence electrons. The zero-order valence-electron chi connectivity index (χ0n) is 9.20. The molecule has 14 heavy (non-hydrogen) atoms. The SMILES string of the molecule is CN1C(=O)N(C)C2CCCCCCC21. The molecule has 1 aliphatic carbocycles. The van der Waals surface area contributed by atoms with Gasteiger partial charge in [-0.05, 0) is 12.8 Å². The lowest BCUT2D eigenvalue weighted by molar-refractivity contribution is 0.199. The molecule has 1 saturated heterocycles. The maximum absolute atomic E-state index is 11.7. The largest absolute Gasteiger partial charge is 0.323 e. The number of fused-ring (bicyclic) bond motifs is 1. The summed E-state index contributed by atoms with van der Waals surface area (Å²) in [6.07, 6.45) is 7.64. The quantitative estimate of drug-likeness (QED) is 0.582. The summed E-state index contributed by atoms with van der Waals surface area (Å²) in [5.41, 5.74) is 0. The Hall–Kier alpha value is -0.730. The van der Waals surface area contributed by atoms with Crippen LogP contribution in [0.5, 0.6) is 0 Å². The summed E-state index contributed by atoms with van der Waals surface area (Å²) >= 11 is 0. The van der Waals surface area contributed by atoms with Gasteiger partial charge < -0.3 is 9.80 Å². The summed E-state index contributed by atoms with van der Waals surface area (Å²) in [7, 11) is 3.90. The second kappa shape index (κ2) is 3.79. The van der Waals surface area contributed by atoms with E-state index in [1.165, 1.54) is 38.5 Å². The Morgan fingerprint density at radius 1 is 0.929 bits per heavy atom. The van der Waals surface area contributed by atoms with Gasteiger partial charge in [0.25, 0.3) is 0 Å². The van der Waals surface area contributed by atoms with Crippen LogP contribution in [0.4, 0.5) is 4.79 Å². The second-order valence-electron chi connectivity index (χ2n) is 4.63. The third kappa shape index (κ3) is 1.49. The molecule has 0 N–H and O–H groups in total. The molecule has 2 fully saturated rings. The summed E-state index contributed by atoms with van der Waals surface area (Å²) in [6, 6.07) is 1.17. The maximum Gasteiger partial charge on any atom is 0.320 e. The lowest BCUT2D eigenvalue weighted by Crippen LogP contribution is -2.35. The molecule has 1 aliphatic heterocycles. The molecule has 0 bridgehead atoms. The van der Waals surface area contributed by atoms with Gasteiger partial charge in [0.15, 0.2) is 0 Å². The Labute approximate surface area is 86.1 Å². The van der Waals surface area contributed by atoms with Crippen molar-refractivity contribution in [3.8, 4) is 0 Å². The molecule has 0 aromatic carbocycles. The van der Waals surface area contributed by atoms with Crippen LogP contribution in [-0.2, 0) is 0 Å². The van der Waals surface area contributed by atoms with Crippen molar-refractivity contribution in [2.45, 2.75) is 50.6 Å². The summed E-state index contributed by atoms with van der Waals surface area (Å²) in [6.45, 7) is 0. The van der Waals surface area contributed by atoms with Gasteiger partial charge in [-0.15, -0.1) is 0 Å². The first-order valence-electron chi connectivity index (χ1n) is 5.71. The summed E-state index contributed by atoms with van der Waals surface area (Å²) in [5, 5.41) is 0. The zero-order chi connectivity index (χ0) is 10.1. The first-order valence-corrected chi connectivity index (χ1v) is 5.71. The third-order valence-corrected chi connectivity index (χ3v) is 3.79. The minimum Gasteiger partial charge on any atom is -0.323 e. The summed E-state index contributed by atoms with van der Waals surface area (Å²) in [4.78, 5) is 15.6. The first kappa shape index (κ1) is 9.81. The lowest BCUT2D eigenvalue weighted by atomic mass is 9.92. The lowest BCUT2D eigenvalue weighted by Gasteiger charge is -2.27. The van der Waals surface area contributed by atoms with E-state index in [-0.39, 0.29) is 6.03 Å². The fourth-order valence-electron chi connectivity index (χ4n) is 2.88. The van der Waals surface area contributed by atoms with Crippen LogP contribution in [0.25, 0.3) is 0 Å². The van der Waals surface area contributed by atoms with Crippen LogP contribution >= 0.6 is 0 Å². The predicted molar refractivity (Wildman–Crippen MR) is 56.2 cm³/mol. The van der Waals surface area contributed by atoms with Crippen LogP contribution in [0.3, 0.4) is 0 Å². The van der Waals surface area contributed by atoms with Crippen LogP contribution in [0.1, 0.15) is 38.5 Å². The fourth-order valence-corrected chi connectivity index (χ4v) is 2.88. The van der Waals surface area contributed by atoms with E-state index in [0.29, 0.717) is 12.1 Å². The monoisotopic (exact) mass is 196 g/mol. The molecule has 2 amide bonds. The number of amides is 2. The van der Waals surface area contributed by atoms with Crippen molar-refractivity contribution in [3.63, 3.8) is 0 Å². The van der Waals surface area contributed by atoms with E-state index in [4.69, 9.17) is 0 Å². The Kier molecular flexibility index (Phi) is 2.66. The Balaban J connectivity index is 2.12. The molecule has 1 heterocycles. The van der Waals surface area contributed by atoms with E-state index in [1.807, 2.05) is 23.9 Å². The maximum atomic E-state index is 11.7. The van der Waals surface area contributed by atoms with Crippen molar-refractivity contribution in [2.24, 2.45) is 0 Å². The molecule has 3 nitrogen and oxygen atoms in total. The van der Waals surface area contributed by atoms with Gasteiger partial charge in [0.1, 0.15) is 0 Å². The van der Waals surface area contributed by atoms with E-state index >= 15 is 0 Å². The normalized spacial score (nSPS) is 34.0. The van der Waals surface area contributed by atoms with E-state index in [9.17, 15) is 4.79 Å². The van der Waals surface area contributed by atoms with Gasteiger partial charge in [-0.2, -0.15) is 0 Å². The number of carbonyl (C=O) groups excluding carboxylic acids is 1. The van der Waals surface area contributed by atoms with Gasteiger partial charge in [0.2, 0.25) is 0 Å². The molecular formula is C11H20N2O. The number of likely N-dealkylation sites (N-methyl/N-ethyl adjacent to an activating group) is 2. The average molecular weight is 196 g/mol. The molecule has 2 atom stereocenters. The summed E-state index contributed by atoms with van der Waals surface area (Å²) < 4.78 is 0. The molecule has 0 aromatic rings. The van der Waals surface area contributed by atoms with Crippen molar-refractivity contribution < 1.29 is 4.79 Å². The van der Waals surface area contributed by atoms with Crippen molar-refractivity contribution in [3.05, 3.63) is 0 Å².